The number of esters is 3. The van der Waals surface area contributed by atoms with Gasteiger partial charge in [0.15, 0.2) is 6.10 Å². The first-order valence-electron chi connectivity index (χ1n) is 27.3. The van der Waals surface area contributed by atoms with Crippen LogP contribution in [0.3, 0.4) is 0 Å². The van der Waals surface area contributed by atoms with Gasteiger partial charge < -0.3 is 14.2 Å². The number of rotatable bonds is 50. The predicted octanol–water partition coefficient (Wildman–Crippen LogP) is 17.9. The molecule has 1 unspecified atom stereocenters. The van der Waals surface area contributed by atoms with Gasteiger partial charge in [-0.15, -0.1) is 0 Å². The monoisotopic (exact) mass is 873 g/mol. The van der Waals surface area contributed by atoms with Gasteiger partial charge >= 0.3 is 17.9 Å². The molecule has 0 aliphatic carbocycles. The second kappa shape index (κ2) is 51.5. The minimum atomic E-state index is -0.772. The van der Waals surface area contributed by atoms with E-state index in [1.165, 1.54) is 173 Å². The van der Waals surface area contributed by atoms with Crippen molar-refractivity contribution >= 4 is 17.9 Å². The standard InChI is InChI=1S/C56H104O6/c1-4-7-10-13-16-19-22-25-27-28-29-30-32-34-37-40-43-46-49-55(58)61-52-53(51-60-54(57)48-45-42-39-36-33-24-21-18-15-12-9-6-3)62-56(59)50-47-44-41-38-35-31-26-23-20-17-14-11-8-5-2/h14,17,23,26,53H,4-13,15-16,18-22,24-25,27-52H2,1-3H3/b17-14-,26-23-. The van der Waals surface area contributed by atoms with Gasteiger partial charge in [0.25, 0.3) is 0 Å². The van der Waals surface area contributed by atoms with Gasteiger partial charge in [-0.05, 0) is 44.9 Å². The number of ether oxygens (including phenoxy) is 3. The van der Waals surface area contributed by atoms with Gasteiger partial charge in [0.1, 0.15) is 13.2 Å². The second-order valence-electron chi connectivity index (χ2n) is 18.5. The van der Waals surface area contributed by atoms with Crippen LogP contribution in [0.15, 0.2) is 24.3 Å². The Kier molecular flexibility index (Phi) is 49.8. The van der Waals surface area contributed by atoms with E-state index in [9.17, 15) is 14.4 Å². The fourth-order valence-electron chi connectivity index (χ4n) is 8.05. The Morgan fingerprint density at radius 3 is 0.935 bits per heavy atom. The minimum Gasteiger partial charge on any atom is -0.462 e. The van der Waals surface area contributed by atoms with Crippen LogP contribution in [0, 0.1) is 0 Å². The molecule has 0 aliphatic rings. The van der Waals surface area contributed by atoms with Crippen LogP contribution in [0.1, 0.15) is 297 Å². The van der Waals surface area contributed by atoms with Crippen LogP contribution in [0.4, 0.5) is 0 Å². The van der Waals surface area contributed by atoms with Crippen LogP contribution < -0.4 is 0 Å². The van der Waals surface area contributed by atoms with Crippen LogP contribution in [0.5, 0.6) is 0 Å². The molecule has 1 atom stereocenters. The number of carbonyl (C=O) groups is 3. The summed E-state index contributed by atoms with van der Waals surface area (Å²) in [6.45, 7) is 6.62. The molecule has 0 saturated carbocycles. The summed E-state index contributed by atoms with van der Waals surface area (Å²) in [7, 11) is 0. The first kappa shape index (κ1) is 59.9. The Labute approximate surface area is 385 Å². The fraction of sp³-hybridized carbons (Fsp3) is 0.875. The lowest BCUT2D eigenvalue weighted by Gasteiger charge is -2.18. The number of unbranched alkanes of at least 4 members (excludes halogenated alkanes) is 35. The molecule has 0 aromatic heterocycles. The molecule has 0 aromatic carbocycles. The maximum absolute atomic E-state index is 12.8. The molecule has 0 radical (unpaired) electrons. The first-order chi connectivity index (χ1) is 30.5. The van der Waals surface area contributed by atoms with Crippen LogP contribution in [-0.4, -0.2) is 37.2 Å². The summed E-state index contributed by atoms with van der Waals surface area (Å²) >= 11 is 0. The summed E-state index contributed by atoms with van der Waals surface area (Å²) in [6.07, 6.45) is 58.8. The average molecular weight is 873 g/mol. The minimum absolute atomic E-state index is 0.0719. The van der Waals surface area contributed by atoms with Crippen LogP contribution in [0.25, 0.3) is 0 Å². The number of carbonyl (C=O) groups excluding carboxylic acids is 3. The summed E-state index contributed by atoms with van der Waals surface area (Å²) in [5.41, 5.74) is 0. The molecule has 0 aromatic rings. The van der Waals surface area contributed by atoms with E-state index in [1.807, 2.05) is 0 Å². The predicted molar refractivity (Wildman–Crippen MR) is 266 cm³/mol. The number of hydrogen-bond acceptors (Lipinski definition) is 6. The zero-order chi connectivity index (χ0) is 45.1. The molecule has 0 aliphatic heterocycles. The molecular formula is C56H104O6. The Morgan fingerprint density at radius 1 is 0.323 bits per heavy atom. The van der Waals surface area contributed by atoms with E-state index in [1.54, 1.807) is 0 Å². The van der Waals surface area contributed by atoms with Crippen LogP contribution >= 0.6 is 0 Å². The molecule has 0 amide bonds. The lowest BCUT2D eigenvalue weighted by molar-refractivity contribution is -0.167. The lowest BCUT2D eigenvalue weighted by atomic mass is 10.0. The molecule has 0 N–H and O–H groups in total. The Hall–Kier alpha value is -2.11. The number of allylic oxidation sites excluding steroid dienone is 4. The number of hydrogen-bond donors (Lipinski definition) is 0. The Bertz CT molecular complexity index is 1000. The van der Waals surface area contributed by atoms with Crippen molar-refractivity contribution in [2.75, 3.05) is 13.2 Å². The molecule has 364 valence electrons. The third-order valence-electron chi connectivity index (χ3n) is 12.2. The van der Waals surface area contributed by atoms with Gasteiger partial charge in [0.05, 0.1) is 0 Å². The fourth-order valence-corrected chi connectivity index (χ4v) is 8.05. The molecule has 6 nitrogen and oxygen atoms in total. The molecule has 0 spiro atoms. The van der Waals surface area contributed by atoms with Crippen LogP contribution in [-0.2, 0) is 28.6 Å². The lowest BCUT2D eigenvalue weighted by Crippen LogP contribution is -2.30. The quantitative estimate of drug-likeness (QED) is 0.0262. The molecule has 0 rings (SSSR count). The van der Waals surface area contributed by atoms with Crippen molar-refractivity contribution in [3.8, 4) is 0 Å². The van der Waals surface area contributed by atoms with Gasteiger partial charge in [0, 0.05) is 19.3 Å². The largest absolute Gasteiger partial charge is 0.462 e. The van der Waals surface area contributed by atoms with E-state index >= 15 is 0 Å². The van der Waals surface area contributed by atoms with Gasteiger partial charge in [-0.3, -0.25) is 14.4 Å². The molecule has 0 saturated heterocycles. The molecule has 0 bridgehead atoms. The summed E-state index contributed by atoms with van der Waals surface area (Å²) in [5, 5.41) is 0. The molecule has 0 heterocycles. The molecular weight excluding hydrogens is 769 g/mol. The average Bonchev–Trinajstić information content (AvgIpc) is 3.27. The molecule has 0 fully saturated rings. The zero-order valence-electron chi connectivity index (χ0n) is 41.7. The van der Waals surface area contributed by atoms with Gasteiger partial charge in [-0.1, -0.05) is 257 Å². The summed E-state index contributed by atoms with van der Waals surface area (Å²) in [5.74, 6) is -0.869. The SMILES string of the molecule is CCCC/C=C\C/C=C\CCCCCCCC(=O)OC(COC(=O)CCCCCCCCCCCCCC)COC(=O)CCCCCCCCCCCCCCCCCCCC. The van der Waals surface area contributed by atoms with Crippen LogP contribution in [0.2, 0.25) is 0 Å². The van der Waals surface area contributed by atoms with Crippen molar-refractivity contribution in [3.05, 3.63) is 24.3 Å². The third kappa shape index (κ3) is 48.9. The molecule has 6 heteroatoms. The van der Waals surface area contributed by atoms with E-state index < -0.39 is 6.10 Å². The Balaban J connectivity index is 4.31. The van der Waals surface area contributed by atoms with E-state index in [-0.39, 0.29) is 31.1 Å². The van der Waals surface area contributed by atoms with Gasteiger partial charge in [0.2, 0.25) is 0 Å². The molecule has 62 heavy (non-hydrogen) atoms. The summed E-state index contributed by atoms with van der Waals surface area (Å²) in [6, 6.07) is 0. The van der Waals surface area contributed by atoms with Gasteiger partial charge in [-0.25, -0.2) is 0 Å². The summed E-state index contributed by atoms with van der Waals surface area (Å²) < 4.78 is 16.8. The highest BCUT2D eigenvalue weighted by atomic mass is 16.6. The first-order valence-corrected chi connectivity index (χ1v) is 27.3. The smallest absolute Gasteiger partial charge is 0.306 e. The highest BCUT2D eigenvalue weighted by Gasteiger charge is 2.19. The highest BCUT2D eigenvalue weighted by molar-refractivity contribution is 5.71. The van der Waals surface area contributed by atoms with Crippen molar-refractivity contribution < 1.29 is 28.6 Å². The maximum atomic E-state index is 12.8. The van der Waals surface area contributed by atoms with Crippen molar-refractivity contribution in [3.63, 3.8) is 0 Å². The van der Waals surface area contributed by atoms with Gasteiger partial charge in [-0.2, -0.15) is 0 Å². The van der Waals surface area contributed by atoms with Crippen molar-refractivity contribution in [2.45, 2.75) is 303 Å². The second-order valence-corrected chi connectivity index (χ2v) is 18.5. The van der Waals surface area contributed by atoms with Crippen molar-refractivity contribution in [1.82, 2.24) is 0 Å². The van der Waals surface area contributed by atoms with E-state index in [0.29, 0.717) is 19.3 Å². The van der Waals surface area contributed by atoms with E-state index in [0.717, 1.165) is 83.5 Å². The normalized spacial score (nSPS) is 12.1. The van der Waals surface area contributed by atoms with E-state index in [4.69, 9.17) is 14.2 Å². The summed E-state index contributed by atoms with van der Waals surface area (Å²) in [4.78, 5) is 38.0. The zero-order valence-corrected chi connectivity index (χ0v) is 41.7. The third-order valence-corrected chi connectivity index (χ3v) is 12.2. The van der Waals surface area contributed by atoms with E-state index in [2.05, 4.69) is 45.1 Å². The van der Waals surface area contributed by atoms with Crippen molar-refractivity contribution in [1.29, 1.82) is 0 Å². The topological polar surface area (TPSA) is 78.9 Å². The maximum Gasteiger partial charge on any atom is 0.306 e. The highest BCUT2D eigenvalue weighted by Crippen LogP contribution is 2.17. The Morgan fingerprint density at radius 2 is 0.597 bits per heavy atom. The van der Waals surface area contributed by atoms with Crippen molar-refractivity contribution in [2.24, 2.45) is 0 Å².